The fourth-order valence-electron chi connectivity index (χ4n) is 5.82. The first-order valence-corrected chi connectivity index (χ1v) is 15.0. The molecule has 7 rings (SSSR count). The van der Waals surface area contributed by atoms with Crippen LogP contribution in [0.4, 0.5) is 13.2 Å². The highest BCUT2D eigenvalue weighted by molar-refractivity contribution is 5.94. The van der Waals surface area contributed by atoms with Crippen molar-refractivity contribution in [1.29, 1.82) is 0 Å². The maximum absolute atomic E-state index is 14.9. The number of nitrogens with two attached hydrogens (primary N) is 1. The number of pyridine rings is 2. The summed E-state index contributed by atoms with van der Waals surface area (Å²) < 4.78 is 59.0. The molecule has 240 valence electrons. The molecule has 1 aromatic carbocycles. The van der Waals surface area contributed by atoms with Gasteiger partial charge in [0, 0.05) is 29.4 Å². The zero-order chi connectivity index (χ0) is 32.4. The van der Waals surface area contributed by atoms with Crippen LogP contribution < -0.4 is 25.3 Å². The smallest absolute Gasteiger partial charge is 0.491 e. The number of alkyl halides is 2. The van der Waals surface area contributed by atoms with Crippen molar-refractivity contribution < 1.29 is 42.1 Å². The molecule has 11 nitrogen and oxygen atoms in total. The Balaban J connectivity index is 1.24. The number of imidazole rings is 1. The van der Waals surface area contributed by atoms with Gasteiger partial charge in [0.1, 0.15) is 17.0 Å². The van der Waals surface area contributed by atoms with E-state index in [0.717, 1.165) is 24.6 Å². The molecule has 0 saturated heterocycles. The van der Waals surface area contributed by atoms with E-state index in [9.17, 15) is 27.9 Å². The van der Waals surface area contributed by atoms with E-state index >= 15 is 0 Å². The number of hydrogen-bond donors (Lipinski definition) is 3. The lowest BCUT2D eigenvalue weighted by Gasteiger charge is -2.30. The van der Waals surface area contributed by atoms with Crippen molar-refractivity contribution in [3.63, 3.8) is 0 Å². The first kappa shape index (κ1) is 29.8. The number of ether oxygens (including phenoxy) is 3. The predicted molar refractivity (Wildman–Crippen MR) is 156 cm³/mol. The van der Waals surface area contributed by atoms with Crippen LogP contribution in [-0.4, -0.2) is 50.7 Å². The summed E-state index contributed by atoms with van der Waals surface area (Å²) in [4.78, 5) is 34.5. The van der Waals surface area contributed by atoms with Crippen LogP contribution in [0, 0.1) is 11.7 Å². The van der Waals surface area contributed by atoms with Crippen molar-refractivity contribution in [3.05, 3.63) is 71.1 Å². The van der Waals surface area contributed by atoms with Crippen LogP contribution >= 0.6 is 0 Å². The SMILES string of the molecule is CCOc1c(CC(N)=O)cc([C@@](O)(CNC(=O)c2cc(F)c3nc(C4CC4)cn3c2)C2CC2)nc1-c1ccc2c(c1)OC(F)(F)O2. The van der Waals surface area contributed by atoms with E-state index in [1.165, 1.54) is 34.9 Å². The van der Waals surface area contributed by atoms with Crippen molar-refractivity contribution in [2.45, 2.75) is 56.8 Å². The Morgan fingerprint density at radius 1 is 1.13 bits per heavy atom. The molecule has 0 bridgehead atoms. The number of carbonyl (C=O) groups is 2. The van der Waals surface area contributed by atoms with Gasteiger partial charge < -0.3 is 34.8 Å². The normalized spacial score (nSPS) is 17.9. The summed E-state index contributed by atoms with van der Waals surface area (Å²) in [5, 5.41) is 14.8. The van der Waals surface area contributed by atoms with Crippen LogP contribution in [0.1, 0.15) is 65.8 Å². The summed E-state index contributed by atoms with van der Waals surface area (Å²) in [6.45, 7) is 1.60. The Morgan fingerprint density at radius 2 is 1.89 bits per heavy atom. The molecule has 3 aliphatic rings. The zero-order valence-electron chi connectivity index (χ0n) is 24.7. The Bertz CT molecular complexity index is 1890. The number of rotatable bonds is 11. The van der Waals surface area contributed by atoms with Crippen LogP contribution in [0.15, 0.2) is 42.7 Å². The number of amides is 2. The Hall–Kier alpha value is -4.85. The average Bonchev–Trinajstić information content (AvgIpc) is 3.94. The number of aromatic nitrogens is 3. The topological polar surface area (TPSA) is 150 Å². The summed E-state index contributed by atoms with van der Waals surface area (Å²) in [5.74, 6) is -2.19. The lowest BCUT2D eigenvalue weighted by atomic mass is 9.90. The van der Waals surface area contributed by atoms with Gasteiger partial charge in [0.15, 0.2) is 23.0 Å². The highest BCUT2D eigenvalue weighted by atomic mass is 19.3. The average molecular weight is 638 g/mol. The molecule has 0 spiro atoms. The fourth-order valence-corrected chi connectivity index (χ4v) is 5.82. The van der Waals surface area contributed by atoms with Gasteiger partial charge in [-0.05, 0) is 68.9 Å². The number of nitrogens with zero attached hydrogens (tertiary/aromatic N) is 3. The summed E-state index contributed by atoms with van der Waals surface area (Å²) in [6.07, 6.45) is 2.32. The van der Waals surface area contributed by atoms with Gasteiger partial charge in [0.05, 0.1) is 36.5 Å². The third-order valence-corrected chi connectivity index (χ3v) is 8.38. The first-order chi connectivity index (χ1) is 21.9. The summed E-state index contributed by atoms with van der Waals surface area (Å²) in [7, 11) is 0. The number of fused-ring (bicyclic) bond motifs is 2. The predicted octanol–water partition coefficient (Wildman–Crippen LogP) is 4.19. The maximum Gasteiger partial charge on any atom is 0.586 e. The molecule has 2 saturated carbocycles. The second kappa shape index (κ2) is 10.9. The summed E-state index contributed by atoms with van der Waals surface area (Å²) >= 11 is 0. The molecule has 4 N–H and O–H groups in total. The lowest BCUT2D eigenvalue weighted by Crippen LogP contribution is -2.43. The third kappa shape index (κ3) is 5.57. The molecule has 2 amide bonds. The van der Waals surface area contributed by atoms with E-state index in [0.29, 0.717) is 24.3 Å². The third-order valence-electron chi connectivity index (χ3n) is 8.38. The summed E-state index contributed by atoms with van der Waals surface area (Å²) in [6, 6.07) is 6.67. The molecule has 4 heterocycles. The molecular formula is C32H30F3N5O6. The van der Waals surface area contributed by atoms with Crippen molar-refractivity contribution in [1.82, 2.24) is 19.7 Å². The van der Waals surface area contributed by atoms with Crippen molar-refractivity contribution in [2.75, 3.05) is 13.2 Å². The number of hydrogen-bond acceptors (Lipinski definition) is 8. The monoisotopic (exact) mass is 637 g/mol. The van der Waals surface area contributed by atoms with E-state index in [1.807, 2.05) is 0 Å². The number of aliphatic hydroxyl groups is 1. The number of carbonyl (C=O) groups excluding carboxylic acids is 2. The van der Waals surface area contributed by atoms with E-state index in [-0.39, 0.29) is 70.9 Å². The van der Waals surface area contributed by atoms with Crippen LogP contribution in [0.25, 0.3) is 16.9 Å². The van der Waals surface area contributed by atoms with E-state index in [4.69, 9.17) is 15.5 Å². The number of benzene rings is 1. The van der Waals surface area contributed by atoms with E-state index < -0.39 is 29.5 Å². The molecule has 0 unspecified atom stereocenters. The van der Waals surface area contributed by atoms with Gasteiger partial charge in [-0.3, -0.25) is 9.59 Å². The van der Waals surface area contributed by atoms with Crippen LogP contribution in [0.2, 0.25) is 0 Å². The fraction of sp³-hybridized carbons (Fsp3) is 0.375. The van der Waals surface area contributed by atoms with E-state index in [1.54, 1.807) is 13.1 Å². The molecule has 14 heteroatoms. The quantitative estimate of drug-likeness (QED) is 0.222. The lowest BCUT2D eigenvalue weighted by molar-refractivity contribution is -0.286. The molecule has 1 atom stereocenters. The molecule has 0 radical (unpaired) electrons. The van der Waals surface area contributed by atoms with Gasteiger partial charge in [-0.25, -0.2) is 14.4 Å². The van der Waals surface area contributed by atoms with Crippen LogP contribution in [-0.2, 0) is 16.8 Å². The molecule has 2 fully saturated rings. The van der Waals surface area contributed by atoms with Gasteiger partial charge in [-0.2, -0.15) is 0 Å². The second-order valence-corrected chi connectivity index (χ2v) is 11.9. The molecule has 1 aliphatic heterocycles. The maximum atomic E-state index is 14.9. The number of primary amides is 1. The van der Waals surface area contributed by atoms with Gasteiger partial charge in [0.2, 0.25) is 5.91 Å². The Kier molecular flexibility index (Phi) is 7.07. The van der Waals surface area contributed by atoms with Crippen molar-refractivity contribution in [3.8, 4) is 28.5 Å². The van der Waals surface area contributed by atoms with E-state index in [2.05, 4.69) is 19.8 Å². The number of halogens is 3. The zero-order valence-corrected chi connectivity index (χ0v) is 24.7. The second-order valence-electron chi connectivity index (χ2n) is 11.9. The van der Waals surface area contributed by atoms with Crippen LogP contribution in [0.3, 0.4) is 0 Å². The Labute approximate surface area is 260 Å². The Morgan fingerprint density at radius 3 is 2.59 bits per heavy atom. The molecule has 46 heavy (non-hydrogen) atoms. The largest absolute Gasteiger partial charge is 0.586 e. The number of nitrogens with one attached hydrogen (secondary N) is 1. The molecule has 4 aromatic rings. The minimum atomic E-state index is -3.84. The van der Waals surface area contributed by atoms with Gasteiger partial charge >= 0.3 is 6.29 Å². The standard InChI is InChI=1S/C32H30F3N5O6/c1-2-44-28-18(12-26(36)41)11-25(39-27(28)17-5-8-23-24(10-17)46-32(34,35)45-23)31(43,20-6-7-20)15-37-30(42)19-9-21(33)29-38-22(16-3-4-16)14-40(29)13-19/h5,8-11,13-14,16,20,43H,2-4,6-7,12,15H2,1H3,(H2,36,41)(H,37,42)/t31-/m1/s1. The molecular weight excluding hydrogens is 607 g/mol. The summed E-state index contributed by atoms with van der Waals surface area (Å²) in [5.41, 5.74) is 5.63. The van der Waals surface area contributed by atoms with Gasteiger partial charge in [-0.15, -0.1) is 8.78 Å². The molecule has 2 aliphatic carbocycles. The highest BCUT2D eigenvalue weighted by Gasteiger charge is 2.47. The highest BCUT2D eigenvalue weighted by Crippen LogP contribution is 2.48. The van der Waals surface area contributed by atoms with Gasteiger partial charge in [-0.1, -0.05) is 0 Å². The van der Waals surface area contributed by atoms with Crippen molar-refractivity contribution in [2.24, 2.45) is 11.7 Å². The first-order valence-electron chi connectivity index (χ1n) is 15.0. The minimum absolute atomic E-state index is 0.0369. The minimum Gasteiger partial charge on any atom is -0.491 e. The van der Waals surface area contributed by atoms with Crippen LogP contribution in [0.5, 0.6) is 17.2 Å². The van der Waals surface area contributed by atoms with Crippen molar-refractivity contribution >= 4 is 17.5 Å². The molecule has 3 aromatic heterocycles. The van der Waals surface area contributed by atoms with Gasteiger partial charge in [0.25, 0.3) is 5.91 Å².